The standard InChI is InChI=1S/C17H16N6O7S4/c18-16-23(30)7(5-32-16)1-8(24)19-11-13(27)22-12(15(28)29)6(3-31-14(11)22)4-33-17-21-20-9(34-17)2-10(25)26/h5,11,14,18,30H,1-4H2,(H,19,24)(H,25,26)(H,28,29)/t11?,14-/m0/s1. The van der Waals surface area contributed by atoms with E-state index in [4.69, 9.17) is 10.5 Å². The smallest absolute Gasteiger partial charge is 0.352 e. The Kier molecular flexibility index (Phi) is 6.96. The predicted molar refractivity (Wildman–Crippen MR) is 121 cm³/mol. The minimum atomic E-state index is -1.26. The second kappa shape index (κ2) is 9.77. The maximum atomic E-state index is 12.7. The lowest BCUT2D eigenvalue weighted by Gasteiger charge is -2.49. The van der Waals surface area contributed by atoms with Crippen LogP contribution in [0.2, 0.25) is 0 Å². The number of carbonyl (C=O) groups is 4. The number of nitrogens with one attached hydrogen (secondary N) is 2. The lowest BCUT2D eigenvalue weighted by atomic mass is 10.0. The molecule has 4 rings (SSSR count). The molecule has 2 amide bonds. The van der Waals surface area contributed by atoms with Crippen molar-refractivity contribution in [3.8, 4) is 0 Å². The van der Waals surface area contributed by atoms with Gasteiger partial charge in [-0.05, 0) is 5.57 Å². The van der Waals surface area contributed by atoms with E-state index in [1.165, 1.54) is 28.9 Å². The van der Waals surface area contributed by atoms with Crippen molar-refractivity contribution in [2.75, 3.05) is 11.5 Å². The van der Waals surface area contributed by atoms with Crippen LogP contribution in [0.15, 0.2) is 21.0 Å². The maximum Gasteiger partial charge on any atom is 0.352 e. The Bertz CT molecular complexity index is 1270. The molecule has 1 unspecified atom stereocenters. The average molecular weight is 545 g/mol. The first kappa shape index (κ1) is 24.2. The van der Waals surface area contributed by atoms with Crippen LogP contribution in [0.5, 0.6) is 0 Å². The minimum Gasteiger partial charge on any atom is -0.481 e. The van der Waals surface area contributed by atoms with Gasteiger partial charge in [0, 0.05) is 16.9 Å². The number of thioether (sulfide) groups is 2. The lowest BCUT2D eigenvalue weighted by molar-refractivity contribution is -0.150. The first-order valence-corrected chi connectivity index (χ1v) is 13.2. The molecule has 180 valence electrons. The summed E-state index contributed by atoms with van der Waals surface area (Å²) in [6.07, 6.45) is -0.481. The molecule has 0 spiro atoms. The normalized spacial score (nSPS) is 19.5. The maximum absolute atomic E-state index is 12.7. The molecule has 0 saturated carbocycles. The van der Waals surface area contributed by atoms with E-state index in [0.29, 0.717) is 25.4 Å². The molecule has 34 heavy (non-hydrogen) atoms. The second-order valence-corrected chi connectivity index (χ2v) is 11.3. The number of carboxylic acid groups (broad SMARTS) is 2. The largest absolute Gasteiger partial charge is 0.481 e. The Morgan fingerprint density at radius 1 is 1.26 bits per heavy atom. The van der Waals surface area contributed by atoms with Gasteiger partial charge in [-0.1, -0.05) is 23.1 Å². The van der Waals surface area contributed by atoms with Gasteiger partial charge in [-0.25, -0.2) is 4.79 Å². The van der Waals surface area contributed by atoms with Gasteiger partial charge in [0.1, 0.15) is 22.1 Å². The zero-order valence-corrected chi connectivity index (χ0v) is 20.2. The Morgan fingerprint density at radius 2 is 2.03 bits per heavy atom. The summed E-state index contributed by atoms with van der Waals surface area (Å²) in [6.45, 7) is 0. The Hall–Kier alpha value is -2.89. The minimum absolute atomic E-state index is 0.132. The number of nitrogens with zero attached hydrogens (tertiary/aromatic N) is 4. The number of aromatic nitrogens is 3. The molecule has 2 aromatic heterocycles. The van der Waals surface area contributed by atoms with E-state index < -0.39 is 35.2 Å². The van der Waals surface area contributed by atoms with Crippen LogP contribution in [-0.4, -0.2) is 81.9 Å². The Morgan fingerprint density at radius 3 is 2.68 bits per heavy atom. The van der Waals surface area contributed by atoms with E-state index in [1.807, 2.05) is 0 Å². The van der Waals surface area contributed by atoms with Crippen LogP contribution < -0.4 is 10.1 Å². The molecule has 0 aliphatic carbocycles. The molecule has 2 aliphatic rings. The Balaban J connectivity index is 1.41. The summed E-state index contributed by atoms with van der Waals surface area (Å²) in [5.74, 6) is -2.81. The van der Waals surface area contributed by atoms with E-state index in [2.05, 4.69) is 15.5 Å². The van der Waals surface area contributed by atoms with Crippen molar-refractivity contribution < 1.29 is 34.6 Å². The van der Waals surface area contributed by atoms with E-state index in [9.17, 15) is 29.5 Å². The molecule has 0 aromatic carbocycles. The number of amides is 2. The van der Waals surface area contributed by atoms with E-state index in [-0.39, 0.29) is 34.8 Å². The van der Waals surface area contributed by atoms with Gasteiger partial charge in [0.15, 0.2) is 4.34 Å². The first-order valence-electron chi connectivity index (χ1n) is 9.45. The van der Waals surface area contributed by atoms with Crippen LogP contribution in [0.4, 0.5) is 0 Å². The van der Waals surface area contributed by atoms with Gasteiger partial charge in [-0.3, -0.25) is 24.7 Å². The first-order chi connectivity index (χ1) is 16.2. The summed E-state index contributed by atoms with van der Waals surface area (Å²) in [7, 11) is 0. The van der Waals surface area contributed by atoms with Crippen molar-refractivity contribution in [1.82, 2.24) is 25.1 Å². The number of aliphatic carboxylic acids is 2. The molecule has 13 nitrogen and oxygen atoms in total. The SMILES string of the molecule is N=c1scc(CC(=O)NC2C(=O)N3C(C(=O)O)=C(CSc4nnc(CC(=O)O)s4)CS[C@@H]23)n1O. The van der Waals surface area contributed by atoms with Gasteiger partial charge in [-0.2, -0.15) is 4.73 Å². The second-order valence-electron chi connectivity index (χ2n) is 7.05. The fourth-order valence-corrected chi connectivity index (χ4v) is 7.32. The van der Waals surface area contributed by atoms with Gasteiger partial charge in [-0.15, -0.1) is 33.3 Å². The van der Waals surface area contributed by atoms with Gasteiger partial charge >= 0.3 is 11.9 Å². The molecule has 2 aliphatic heterocycles. The average Bonchev–Trinajstić information content (AvgIpc) is 3.35. The molecule has 4 heterocycles. The molecule has 0 bridgehead atoms. The van der Waals surface area contributed by atoms with Gasteiger partial charge < -0.3 is 20.7 Å². The number of hydrogen-bond donors (Lipinski definition) is 5. The molecule has 0 radical (unpaired) electrons. The van der Waals surface area contributed by atoms with Crippen LogP contribution >= 0.6 is 46.2 Å². The summed E-state index contributed by atoms with van der Waals surface area (Å²) in [4.78, 5) is 48.8. The third-order valence-corrected chi connectivity index (χ3v) is 9.07. The summed E-state index contributed by atoms with van der Waals surface area (Å²) >= 11 is 4.60. The highest BCUT2D eigenvalue weighted by atomic mass is 32.2. The lowest BCUT2D eigenvalue weighted by Crippen LogP contribution is -2.70. The van der Waals surface area contributed by atoms with Crippen LogP contribution in [-0.2, 0) is 32.0 Å². The summed E-state index contributed by atoms with van der Waals surface area (Å²) in [6, 6.07) is -0.899. The van der Waals surface area contributed by atoms with Gasteiger partial charge in [0.2, 0.25) is 10.7 Å². The van der Waals surface area contributed by atoms with Crippen LogP contribution in [0.25, 0.3) is 0 Å². The van der Waals surface area contributed by atoms with Gasteiger partial charge in [0.25, 0.3) is 5.91 Å². The number of β-lactam (4-membered cyclic amide) rings is 1. The topological polar surface area (TPSA) is 199 Å². The van der Waals surface area contributed by atoms with E-state index in [1.54, 1.807) is 0 Å². The molecule has 1 fully saturated rings. The van der Waals surface area contributed by atoms with E-state index >= 15 is 0 Å². The molecular formula is C17H16N6O7S4. The Labute approximate surface area is 207 Å². The summed E-state index contributed by atoms with van der Waals surface area (Å²) < 4.78 is 1.08. The van der Waals surface area contributed by atoms with Crippen molar-refractivity contribution in [2.45, 2.75) is 28.6 Å². The quantitative estimate of drug-likeness (QED) is 0.159. The van der Waals surface area contributed by atoms with Crippen LogP contribution in [0.1, 0.15) is 10.7 Å². The molecule has 17 heteroatoms. The van der Waals surface area contributed by atoms with Gasteiger partial charge in [0.05, 0.1) is 18.5 Å². The zero-order valence-electron chi connectivity index (χ0n) is 17.0. The van der Waals surface area contributed by atoms with E-state index in [0.717, 1.165) is 27.6 Å². The van der Waals surface area contributed by atoms with Crippen molar-refractivity contribution >= 4 is 70.0 Å². The molecule has 1 saturated heterocycles. The highest BCUT2D eigenvalue weighted by Crippen LogP contribution is 2.41. The third kappa shape index (κ3) is 4.82. The molecular weight excluding hydrogens is 528 g/mol. The van der Waals surface area contributed by atoms with Crippen molar-refractivity contribution in [1.29, 1.82) is 5.41 Å². The number of thiazole rings is 1. The molecule has 2 atom stereocenters. The third-order valence-electron chi connectivity index (χ3n) is 4.80. The fourth-order valence-electron chi connectivity index (χ4n) is 3.30. The monoisotopic (exact) mass is 544 g/mol. The van der Waals surface area contributed by atoms with Crippen LogP contribution in [0.3, 0.4) is 0 Å². The zero-order chi connectivity index (χ0) is 24.6. The molecule has 2 aromatic rings. The highest BCUT2D eigenvalue weighted by Gasteiger charge is 2.54. The number of hydrogen-bond acceptors (Lipinski definition) is 12. The predicted octanol–water partition coefficient (Wildman–Crippen LogP) is -0.182. The number of carboxylic acids is 2. The van der Waals surface area contributed by atoms with Crippen molar-refractivity contribution in [2.24, 2.45) is 0 Å². The van der Waals surface area contributed by atoms with Crippen molar-refractivity contribution in [3.05, 3.63) is 32.2 Å². The van der Waals surface area contributed by atoms with Crippen molar-refractivity contribution in [3.63, 3.8) is 0 Å². The number of fused-ring (bicyclic) bond motifs is 1. The summed E-state index contributed by atoms with van der Waals surface area (Å²) in [5, 5.41) is 47.3. The molecule has 5 N–H and O–H groups in total. The highest BCUT2D eigenvalue weighted by molar-refractivity contribution is 8.01. The number of carbonyl (C=O) groups excluding carboxylic acids is 2. The number of rotatable bonds is 9. The summed E-state index contributed by atoms with van der Waals surface area (Å²) in [5.41, 5.74) is 0.586. The van der Waals surface area contributed by atoms with Crippen LogP contribution in [0, 0.1) is 5.41 Å². The fraction of sp³-hybridized carbons (Fsp3) is 0.353.